The van der Waals surface area contributed by atoms with Crippen molar-refractivity contribution in [2.45, 2.75) is 57.9 Å². The van der Waals surface area contributed by atoms with Crippen molar-refractivity contribution in [2.24, 2.45) is 5.92 Å². The summed E-state index contributed by atoms with van der Waals surface area (Å²) in [5, 5.41) is 0. The van der Waals surface area contributed by atoms with Crippen LogP contribution in [0.3, 0.4) is 0 Å². The van der Waals surface area contributed by atoms with E-state index in [0.717, 1.165) is 17.9 Å². The molecule has 20 heavy (non-hydrogen) atoms. The van der Waals surface area contributed by atoms with Crippen LogP contribution in [0.15, 0.2) is 24.3 Å². The van der Waals surface area contributed by atoms with Crippen LogP contribution in [0.4, 0.5) is 0 Å². The van der Waals surface area contributed by atoms with Crippen LogP contribution in [0.2, 0.25) is 0 Å². The summed E-state index contributed by atoms with van der Waals surface area (Å²) in [6.07, 6.45) is 6.94. The summed E-state index contributed by atoms with van der Waals surface area (Å²) in [4.78, 5) is 2.78. The molecule has 0 spiro atoms. The molecule has 1 nitrogen and oxygen atoms in total. The molecule has 1 radical (unpaired) electrons. The van der Waals surface area contributed by atoms with Crippen LogP contribution in [-0.4, -0.2) is 24.0 Å². The van der Waals surface area contributed by atoms with E-state index in [1.807, 2.05) is 0 Å². The van der Waals surface area contributed by atoms with Gasteiger partial charge in [0.15, 0.2) is 0 Å². The molecule has 3 heterocycles. The summed E-state index contributed by atoms with van der Waals surface area (Å²) in [6, 6.07) is 10.2. The van der Waals surface area contributed by atoms with E-state index in [1.165, 1.54) is 50.8 Å². The van der Waals surface area contributed by atoms with Crippen molar-refractivity contribution >= 4 is 0 Å². The van der Waals surface area contributed by atoms with Gasteiger partial charge in [0.05, 0.1) is 0 Å². The van der Waals surface area contributed by atoms with Gasteiger partial charge in [-0.15, -0.1) is 0 Å². The van der Waals surface area contributed by atoms with Gasteiger partial charge in [-0.05, 0) is 50.8 Å². The minimum Gasteiger partial charge on any atom is -0.300 e. The molecule has 109 valence electrons. The Morgan fingerprint density at radius 3 is 2.35 bits per heavy atom. The summed E-state index contributed by atoms with van der Waals surface area (Å²) < 4.78 is 0. The van der Waals surface area contributed by atoms with Crippen molar-refractivity contribution in [1.82, 2.24) is 4.90 Å². The van der Waals surface area contributed by atoms with E-state index in [1.54, 1.807) is 5.56 Å². The number of piperidine rings is 3. The van der Waals surface area contributed by atoms with Crippen molar-refractivity contribution < 1.29 is 18.6 Å². The number of benzene rings is 1. The van der Waals surface area contributed by atoms with Gasteiger partial charge >= 0.3 is 0 Å². The molecule has 3 fully saturated rings. The van der Waals surface area contributed by atoms with Crippen molar-refractivity contribution in [1.29, 1.82) is 0 Å². The van der Waals surface area contributed by atoms with Gasteiger partial charge in [0.25, 0.3) is 0 Å². The number of hydrogen-bond donors (Lipinski definition) is 0. The molecule has 4 rings (SSSR count). The molecule has 2 atom stereocenters. The third kappa shape index (κ3) is 3.16. The van der Waals surface area contributed by atoms with Crippen LogP contribution in [0.25, 0.3) is 0 Å². The van der Waals surface area contributed by atoms with Gasteiger partial charge < -0.3 is 0 Å². The average Bonchev–Trinajstić information content (AvgIpc) is 2.47. The van der Waals surface area contributed by atoms with Crippen molar-refractivity contribution in [3.63, 3.8) is 0 Å². The maximum absolute atomic E-state index is 2.78. The van der Waals surface area contributed by atoms with Crippen LogP contribution in [0.5, 0.6) is 0 Å². The Bertz CT molecular complexity index is 406. The Morgan fingerprint density at radius 1 is 1.10 bits per heavy atom. The van der Waals surface area contributed by atoms with Crippen LogP contribution in [0, 0.1) is 12.8 Å². The molecule has 3 aliphatic heterocycles. The summed E-state index contributed by atoms with van der Waals surface area (Å²) >= 11 is 0. The smallest absolute Gasteiger partial charge is 0.0167 e. The minimum atomic E-state index is 0. The Hall–Kier alpha value is -0.236. The van der Waals surface area contributed by atoms with Gasteiger partial charge in [-0.1, -0.05) is 49.6 Å². The normalized spacial score (nSPS) is 31.9. The predicted molar refractivity (Wildman–Crippen MR) is 81.5 cm³/mol. The standard InChI is InChI=1S/C18H27N.V/c1-3-4-5-17-18(15-8-6-14(2)7-9-15)16-10-12-19(17)13-11-16;/h6-9,16-18H,3-5,10-13H2,1-2H3;/t17-,18-;/m1./s1. The first-order valence-corrected chi connectivity index (χ1v) is 8.10. The van der Waals surface area contributed by atoms with Gasteiger partial charge in [0, 0.05) is 30.5 Å². The Morgan fingerprint density at radius 2 is 1.75 bits per heavy atom. The largest absolute Gasteiger partial charge is 0.300 e. The predicted octanol–water partition coefficient (Wildman–Crippen LogP) is 4.36. The molecule has 0 amide bonds. The molecule has 0 saturated carbocycles. The number of aryl methyl sites for hydroxylation is 1. The third-order valence-electron chi connectivity index (χ3n) is 5.28. The van der Waals surface area contributed by atoms with E-state index in [-0.39, 0.29) is 18.6 Å². The van der Waals surface area contributed by atoms with Crippen molar-refractivity contribution in [2.75, 3.05) is 13.1 Å². The molecule has 1 aromatic rings. The van der Waals surface area contributed by atoms with Crippen LogP contribution in [0.1, 0.15) is 56.1 Å². The average molecular weight is 308 g/mol. The summed E-state index contributed by atoms with van der Waals surface area (Å²) in [5.74, 6) is 1.74. The maximum Gasteiger partial charge on any atom is 0.0167 e. The number of hydrogen-bond acceptors (Lipinski definition) is 1. The number of nitrogens with zero attached hydrogens (tertiary/aromatic N) is 1. The second kappa shape index (κ2) is 7.16. The second-order valence-electron chi connectivity index (χ2n) is 6.52. The molecule has 2 heteroatoms. The number of rotatable bonds is 4. The Balaban J connectivity index is 0.00000147. The molecular formula is C18H27NV. The molecule has 0 aliphatic carbocycles. The molecule has 2 bridgehead atoms. The van der Waals surface area contributed by atoms with Gasteiger partial charge in [-0.2, -0.15) is 0 Å². The first-order valence-electron chi connectivity index (χ1n) is 8.10. The van der Waals surface area contributed by atoms with E-state index < -0.39 is 0 Å². The zero-order valence-electron chi connectivity index (χ0n) is 12.9. The molecule has 3 aliphatic rings. The van der Waals surface area contributed by atoms with Gasteiger partial charge in [-0.3, -0.25) is 4.90 Å². The van der Waals surface area contributed by atoms with E-state index >= 15 is 0 Å². The maximum atomic E-state index is 2.78. The zero-order chi connectivity index (χ0) is 13.2. The van der Waals surface area contributed by atoms with E-state index in [9.17, 15) is 0 Å². The van der Waals surface area contributed by atoms with Crippen molar-refractivity contribution in [3.05, 3.63) is 35.4 Å². The fraction of sp³-hybridized carbons (Fsp3) is 0.667. The molecule has 3 saturated heterocycles. The second-order valence-corrected chi connectivity index (χ2v) is 6.52. The van der Waals surface area contributed by atoms with Gasteiger partial charge in [-0.25, -0.2) is 0 Å². The summed E-state index contributed by atoms with van der Waals surface area (Å²) in [5.41, 5.74) is 2.98. The van der Waals surface area contributed by atoms with Gasteiger partial charge in [0.1, 0.15) is 0 Å². The van der Waals surface area contributed by atoms with E-state index in [2.05, 4.69) is 43.0 Å². The molecule has 1 aromatic carbocycles. The van der Waals surface area contributed by atoms with E-state index in [4.69, 9.17) is 0 Å². The SMILES string of the molecule is CCCC[C@@H]1[C@H](c2ccc(C)cc2)C2CCN1CC2.[V]. The molecule has 0 unspecified atom stereocenters. The number of unbranched alkanes of at least 4 members (excludes halogenated alkanes) is 1. The minimum absolute atomic E-state index is 0. The molecule has 0 N–H and O–H groups in total. The number of fused-ring (bicyclic) bond motifs is 3. The quantitative estimate of drug-likeness (QED) is 0.799. The van der Waals surface area contributed by atoms with Crippen LogP contribution < -0.4 is 0 Å². The Labute approximate surface area is 136 Å². The first kappa shape index (κ1) is 16.1. The van der Waals surface area contributed by atoms with Gasteiger partial charge in [0.2, 0.25) is 0 Å². The summed E-state index contributed by atoms with van der Waals surface area (Å²) in [6.45, 7) is 7.20. The van der Waals surface area contributed by atoms with Crippen LogP contribution >= 0.6 is 0 Å². The Kier molecular flexibility index (Phi) is 5.78. The van der Waals surface area contributed by atoms with Crippen LogP contribution in [-0.2, 0) is 18.6 Å². The molecule has 0 aromatic heterocycles. The van der Waals surface area contributed by atoms with Crippen molar-refractivity contribution in [3.8, 4) is 0 Å². The third-order valence-corrected chi connectivity index (χ3v) is 5.28. The fourth-order valence-corrected chi connectivity index (χ4v) is 4.21. The zero-order valence-corrected chi connectivity index (χ0v) is 14.3. The first-order chi connectivity index (χ1) is 9.29. The monoisotopic (exact) mass is 308 g/mol. The topological polar surface area (TPSA) is 3.24 Å². The van der Waals surface area contributed by atoms with E-state index in [0.29, 0.717) is 0 Å². The fourth-order valence-electron chi connectivity index (χ4n) is 4.21. The molecular weight excluding hydrogens is 281 g/mol. The summed E-state index contributed by atoms with van der Waals surface area (Å²) in [7, 11) is 0.